The van der Waals surface area contributed by atoms with Gasteiger partial charge in [-0.05, 0) is 24.9 Å². The van der Waals surface area contributed by atoms with Gasteiger partial charge in [0.25, 0.3) is 0 Å². The van der Waals surface area contributed by atoms with Crippen molar-refractivity contribution in [3.63, 3.8) is 0 Å². The van der Waals surface area contributed by atoms with E-state index < -0.39 is 28.8 Å². The van der Waals surface area contributed by atoms with Crippen molar-refractivity contribution in [2.45, 2.75) is 30.8 Å². The summed E-state index contributed by atoms with van der Waals surface area (Å²) in [5.74, 6) is -0.163. The van der Waals surface area contributed by atoms with Gasteiger partial charge in [-0.25, -0.2) is 13.1 Å². The van der Waals surface area contributed by atoms with Crippen molar-refractivity contribution in [2.75, 3.05) is 19.6 Å². The average molecular weight is 336 g/mol. The zero-order valence-corrected chi connectivity index (χ0v) is 12.8. The fourth-order valence-electron chi connectivity index (χ4n) is 2.64. The third-order valence-electron chi connectivity index (χ3n) is 3.45. The van der Waals surface area contributed by atoms with Crippen LogP contribution >= 0.6 is 0 Å². The molecule has 1 heterocycles. The highest BCUT2D eigenvalue weighted by Gasteiger charge is 2.33. The lowest BCUT2D eigenvalue weighted by atomic mass is 10.1. The number of hydrogen-bond acceptors (Lipinski definition) is 3. The van der Waals surface area contributed by atoms with E-state index in [4.69, 9.17) is 0 Å². The van der Waals surface area contributed by atoms with E-state index in [0.717, 1.165) is 0 Å². The molecule has 0 amide bonds. The van der Waals surface area contributed by atoms with Crippen LogP contribution in [0.25, 0.3) is 0 Å². The lowest BCUT2D eigenvalue weighted by Gasteiger charge is -2.33. The third-order valence-corrected chi connectivity index (χ3v) is 4.86. The summed E-state index contributed by atoms with van der Waals surface area (Å²) < 4.78 is 64.0. The third kappa shape index (κ3) is 5.94. The van der Waals surface area contributed by atoms with Crippen molar-refractivity contribution >= 4 is 10.0 Å². The largest absolute Gasteiger partial charge is 0.401 e. The SMILES string of the molecule is O=S(=O)(Cc1ccccc1)N[C@H]1CCCN(CC(F)(F)F)C1. The number of alkyl halides is 3. The number of piperidine rings is 1. The molecule has 0 aromatic heterocycles. The highest BCUT2D eigenvalue weighted by atomic mass is 32.2. The average Bonchev–Trinajstić information content (AvgIpc) is 2.36. The summed E-state index contributed by atoms with van der Waals surface area (Å²) in [6.07, 6.45) is -3.15. The van der Waals surface area contributed by atoms with Crippen LogP contribution in [0.15, 0.2) is 30.3 Å². The Hall–Kier alpha value is -1.12. The molecule has 0 bridgehead atoms. The first-order chi connectivity index (χ1) is 10.2. The van der Waals surface area contributed by atoms with Crippen LogP contribution in [-0.4, -0.2) is 45.2 Å². The number of nitrogens with one attached hydrogen (secondary N) is 1. The first-order valence-electron chi connectivity index (χ1n) is 7.06. The van der Waals surface area contributed by atoms with E-state index in [1.54, 1.807) is 30.3 Å². The number of halogens is 3. The van der Waals surface area contributed by atoms with Crippen LogP contribution in [-0.2, 0) is 15.8 Å². The van der Waals surface area contributed by atoms with Gasteiger partial charge in [0.2, 0.25) is 10.0 Å². The number of likely N-dealkylation sites (tertiary alicyclic amines) is 1. The van der Waals surface area contributed by atoms with Crippen LogP contribution < -0.4 is 4.72 Å². The summed E-state index contributed by atoms with van der Waals surface area (Å²) in [4.78, 5) is 1.25. The molecule has 0 spiro atoms. The van der Waals surface area contributed by atoms with Crippen molar-refractivity contribution in [2.24, 2.45) is 0 Å². The van der Waals surface area contributed by atoms with Gasteiger partial charge in [0, 0.05) is 12.6 Å². The van der Waals surface area contributed by atoms with Gasteiger partial charge >= 0.3 is 6.18 Å². The Morgan fingerprint density at radius 2 is 1.91 bits per heavy atom. The molecule has 0 aliphatic carbocycles. The van der Waals surface area contributed by atoms with Crippen molar-refractivity contribution in [1.29, 1.82) is 0 Å². The summed E-state index contributed by atoms with van der Waals surface area (Å²) in [5, 5.41) is 0. The van der Waals surface area contributed by atoms with Crippen molar-refractivity contribution in [3.05, 3.63) is 35.9 Å². The van der Waals surface area contributed by atoms with Gasteiger partial charge in [-0.2, -0.15) is 13.2 Å². The molecule has 0 radical (unpaired) electrons. The molecule has 1 aromatic carbocycles. The summed E-state index contributed by atoms with van der Waals surface area (Å²) in [5.41, 5.74) is 0.651. The Morgan fingerprint density at radius 3 is 2.55 bits per heavy atom. The second-order valence-corrected chi connectivity index (χ2v) is 7.31. The lowest BCUT2D eigenvalue weighted by molar-refractivity contribution is -0.148. The number of hydrogen-bond donors (Lipinski definition) is 1. The van der Waals surface area contributed by atoms with E-state index in [1.807, 2.05) is 0 Å². The van der Waals surface area contributed by atoms with E-state index in [9.17, 15) is 21.6 Å². The van der Waals surface area contributed by atoms with Gasteiger partial charge < -0.3 is 0 Å². The van der Waals surface area contributed by atoms with Crippen LogP contribution in [0.1, 0.15) is 18.4 Å². The van der Waals surface area contributed by atoms with Gasteiger partial charge in [0.1, 0.15) is 0 Å². The van der Waals surface area contributed by atoms with Gasteiger partial charge in [-0.1, -0.05) is 30.3 Å². The topological polar surface area (TPSA) is 49.4 Å². The molecule has 2 rings (SSSR count). The Kier molecular flexibility index (Phi) is 5.46. The van der Waals surface area contributed by atoms with Crippen molar-refractivity contribution in [1.82, 2.24) is 9.62 Å². The number of benzene rings is 1. The van der Waals surface area contributed by atoms with Crippen molar-refractivity contribution in [3.8, 4) is 0 Å². The molecular weight excluding hydrogens is 317 g/mol. The second-order valence-electron chi connectivity index (χ2n) is 5.55. The van der Waals surface area contributed by atoms with Crippen LogP contribution in [0.3, 0.4) is 0 Å². The molecule has 8 heteroatoms. The van der Waals surface area contributed by atoms with Crippen LogP contribution in [0, 0.1) is 0 Å². The molecule has 1 fully saturated rings. The minimum absolute atomic E-state index is 0.0908. The number of sulfonamides is 1. The monoisotopic (exact) mass is 336 g/mol. The predicted molar refractivity (Wildman–Crippen MR) is 77.7 cm³/mol. The molecule has 4 nitrogen and oxygen atoms in total. The fourth-order valence-corrected chi connectivity index (χ4v) is 4.05. The zero-order chi connectivity index (χ0) is 16.2. The van der Waals surface area contributed by atoms with Crippen LogP contribution in [0.4, 0.5) is 13.2 Å². The molecule has 1 aromatic rings. The minimum atomic E-state index is -4.26. The van der Waals surface area contributed by atoms with Crippen LogP contribution in [0.2, 0.25) is 0 Å². The zero-order valence-electron chi connectivity index (χ0n) is 12.0. The second kappa shape index (κ2) is 6.97. The predicted octanol–water partition coefficient (Wildman–Crippen LogP) is 2.13. The maximum absolute atomic E-state index is 12.4. The molecule has 124 valence electrons. The fraction of sp³-hybridized carbons (Fsp3) is 0.571. The number of nitrogens with zero attached hydrogens (tertiary/aromatic N) is 1. The van der Waals surface area contributed by atoms with E-state index in [1.165, 1.54) is 4.90 Å². The smallest absolute Gasteiger partial charge is 0.293 e. The normalized spacial score (nSPS) is 21.0. The number of rotatable bonds is 5. The molecule has 1 saturated heterocycles. The Bertz CT molecular complexity index is 576. The Morgan fingerprint density at radius 1 is 1.23 bits per heavy atom. The summed E-state index contributed by atoms with van der Waals surface area (Å²) in [6.45, 7) is -0.562. The van der Waals surface area contributed by atoms with E-state index in [2.05, 4.69) is 4.72 Å². The minimum Gasteiger partial charge on any atom is -0.293 e. The van der Waals surface area contributed by atoms with Gasteiger partial charge in [-0.15, -0.1) is 0 Å². The summed E-state index contributed by atoms with van der Waals surface area (Å²) in [6, 6.07) is 8.23. The lowest BCUT2D eigenvalue weighted by Crippen LogP contribution is -2.50. The maximum atomic E-state index is 12.4. The molecule has 22 heavy (non-hydrogen) atoms. The molecule has 0 unspecified atom stereocenters. The molecule has 1 aliphatic rings. The Balaban J connectivity index is 1.91. The molecule has 1 aliphatic heterocycles. The van der Waals surface area contributed by atoms with Gasteiger partial charge in [0.05, 0.1) is 12.3 Å². The highest BCUT2D eigenvalue weighted by Crippen LogP contribution is 2.20. The van der Waals surface area contributed by atoms with E-state index >= 15 is 0 Å². The van der Waals surface area contributed by atoms with Crippen LogP contribution in [0.5, 0.6) is 0 Å². The van der Waals surface area contributed by atoms with E-state index in [-0.39, 0.29) is 12.3 Å². The molecule has 1 N–H and O–H groups in total. The molecular formula is C14H19F3N2O2S. The van der Waals surface area contributed by atoms with E-state index in [0.29, 0.717) is 24.9 Å². The summed E-state index contributed by atoms with van der Waals surface area (Å²) in [7, 11) is -3.56. The molecule has 1 atom stereocenters. The van der Waals surface area contributed by atoms with Gasteiger partial charge in [0.15, 0.2) is 0 Å². The standard InChI is InChI=1S/C14H19F3N2O2S/c15-14(16,17)11-19-8-4-7-13(9-19)18-22(20,21)10-12-5-2-1-3-6-12/h1-3,5-6,13,18H,4,7-11H2/t13-/m0/s1. The molecule has 0 saturated carbocycles. The summed E-state index contributed by atoms with van der Waals surface area (Å²) >= 11 is 0. The quantitative estimate of drug-likeness (QED) is 0.896. The first-order valence-corrected chi connectivity index (χ1v) is 8.72. The van der Waals surface area contributed by atoms with Gasteiger partial charge in [-0.3, -0.25) is 4.90 Å². The highest BCUT2D eigenvalue weighted by molar-refractivity contribution is 7.88. The Labute approximate surface area is 128 Å². The maximum Gasteiger partial charge on any atom is 0.401 e. The first kappa shape index (κ1) is 17.2. The van der Waals surface area contributed by atoms with Crippen molar-refractivity contribution < 1.29 is 21.6 Å².